The van der Waals surface area contributed by atoms with Crippen LogP contribution in [-0.2, 0) is 0 Å². The first kappa shape index (κ1) is 57.2. The summed E-state index contributed by atoms with van der Waals surface area (Å²) in [5.41, 5.74) is 25.5. The summed E-state index contributed by atoms with van der Waals surface area (Å²) < 4.78 is 0. The maximum atomic E-state index is 5.14. The van der Waals surface area contributed by atoms with Crippen LogP contribution in [0.25, 0.3) is 188 Å². The Hall–Kier alpha value is -13.4. The highest BCUT2D eigenvalue weighted by Crippen LogP contribution is 2.37. The van der Waals surface area contributed by atoms with Crippen molar-refractivity contribution in [2.75, 3.05) is 0 Å². The van der Waals surface area contributed by atoms with Gasteiger partial charge in [-0.2, -0.15) is 0 Å². The van der Waals surface area contributed by atoms with Gasteiger partial charge in [0.15, 0.2) is 0 Å². The molecule has 0 fully saturated rings. The topological polar surface area (TPSA) is 129 Å². The van der Waals surface area contributed by atoms with E-state index in [9.17, 15) is 0 Å². The van der Waals surface area contributed by atoms with E-state index < -0.39 is 0 Å². The molecule has 0 aliphatic heterocycles. The minimum atomic E-state index is 0.861. The molecule has 19 aromatic rings. The minimum absolute atomic E-state index is 0.861. The van der Waals surface area contributed by atoms with Gasteiger partial charge >= 0.3 is 0 Å². The Morgan fingerprint density at radius 1 is 0.163 bits per heavy atom. The fourth-order valence-electron chi connectivity index (χ4n) is 13.2. The van der Waals surface area contributed by atoms with E-state index in [2.05, 4.69) is 250 Å². The number of fused-ring (bicyclic) bond motifs is 10. The van der Waals surface area contributed by atoms with Crippen LogP contribution in [0.1, 0.15) is 0 Å². The molecule has 0 atom stereocenters. The molecule has 9 aromatic carbocycles. The fraction of sp³-hybridized carbons (Fsp3) is 0. The van der Waals surface area contributed by atoms with Crippen molar-refractivity contribution in [3.8, 4) is 101 Å². The van der Waals surface area contributed by atoms with Gasteiger partial charge in [-0.05, 0) is 130 Å². The largest absolute Gasteiger partial charge is 0.255 e. The van der Waals surface area contributed by atoms with Crippen LogP contribution in [0.4, 0.5) is 0 Å². The van der Waals surface area contributed by atoms with Crippen LogP contribution in [0, 0.1) is 0 Å². The third kappa shape index (κ3) is 11.0. The van der Waals surface area contributed by atoms with Crippen molar-refractivity contribution in [1.29, 1.82) is 0 Å². The molecule has 0 amide bonds. The highest BCUT2D eigenvalue weighted by molar-refractivity contribution is 6.08. The highest BCUT2D eigenvalue weighted by Gasteiger charge is 2.15. The molecule has 10 aromatic heterocycles. The average Bonchev–Trinajstić information content (AvgIpc) is 0.852. The highest BCUT2D eigenvalue weighted by atomic mass is 14.8. The Morgan fingerprint density at radius 2 is 0.500 bits per heavy atom. The van der Waals surface area contributed by atoms with Crippen molar-refractivity contribution in [2.24, 2.45) is 0 Å². The lowest BCUT2D eigenvalue weighted by Gasteiger charge is -2.10. The second-order valence-electron chi connectivity index (χ2n) is 24.4. The summed E-state index contributed by atoms with van der Waals surface area (Å²) in [7, 11) is 0. The van der Waals surface area contributed by atoms with Gasteiger partial charge in [0, 0.05) is 90.1 Å². The second kappa shape index (κ2) is 24.5. The van der Waals surface area contributed by atoms with Gasteiger partial charge in [0.05, 0.1) is 89.7 Å². The molecule has 0 aliphatic rings. The molecule has 456 valence electrons. The minimum Gasteiger partial charge on any atom is -0.255 e. The van der Waals surface area contributed by atoms with Crippen LogP contribution in [0.15, 0.2) is 328 Å². The van der Waals surface area contributed by atoms with Crippen molar-refractivity contribution in [3.63, 3.8) is 0 Å². The van der Waals surface area contributed by atoms with Crippen LogP contribution in [0.5, 0.6) is 0 Å². The lowest BCUT2D eigenvalue weighted by molar-refractivity contribution is 1.28. The van der Waals surface area contributed by atoms with E-state index in [0.717, 1.165) is 188 Å². The third-order valence-corrected chi connectivity index (χ3v) is 18.3. The van der Waals surface area contributed by atoms with Gasteiger partial charge < -0.3 is 0 Å². The molecule has 0 bridgehead atoms. The lowest BCUT2D eigenvalue weighted by Crippen LogP contribution is -1.91. The SMILES string of the molecule is c1ccc(-c2ccc3ccc(-c4ccc5ccc(-c6ccc(-c7ccnc8c7ccc7cccnc78)cc6)nc5c4)cc3n2)nc1.c1ccc(-c2ccc3ccc4ccc(-c5ccc(-c6ccc7ccc(-c8ccc9ccc(-c%10ccccn%10)nc9c8)cc7n6)cc5)nc4c3n2)cc1. The smallest absolute Gasteiger partial charge is 0.0972 e. The first-order chi connectivity index (χ1) is 48.5. The van der Waals surface area contributed by atoms with Crippen molar-refractivity contribution in [3.05, 3.63) is 328 Å². The second-order valence-corrected chi connectivity index (χ2v) is 24.4. The van der Waals surface area contributed by atoms with Crippen LogP contribution in [-0.4, -0.2) is 49.8 Å². The number of benzene rings is 9. The van der Waals surface area contributed by atoms with E-state index in [-0.39, 0.29) is 0 Å². The molecule has 19 rings (SSSR count). The predicted octanol–water partition coefficient (Wildman–Crippen LogP) is 21.6. The van der Waals surface area contributed by atoms with Gasteiger partial charge in [0.1, 0.15) is 0 Å². The predicted molar refractivity (Wildman–Crippen MR) is 400 cm³/mol. The monoisotopic (exact) mass is 1250 g/mol. The number of rotatable bonds is 9. The van der Waals surface area contributed by atoms with Crippen LogP contribution in [0.3, 0.4) is 0 Å². The van der Waals surface area contributed by atoms with Crippen molar-refractivity contribution >= 4 is 87.2 Å². The van der Waals surface area contributed by atoms with Gasteiger partial charge in [0.25, 0.3) is 0 Å². The number of hydrogen-bond donors (Lipinski definition) is 0. The molecule has 0 spiro atoms. The quantitative estimate of drug-likeness (QED) is 0.129. The zero-order valence-corrected chi connectivity index (χ0v) is 52.6. The van der Waals surface area contributed by atoms with Crippen LogP contribution in [0.2, 0.25) is 0 Å². The number of pyridine rings is 10. The average molecular weight is 1250 g/mol. The molecule has 0 unspecified atom stereocenters. The molecule has 0 aliphatic carbocycles. The summed E-state index contributed by atoms with van der Waals surface area (Å²) in [5.74, 6) is 0. The maximum Gasteiger partial charge on any atom is 0.0972 e. The number of hydrogen-bond acceptors (Lipinski definition) is 10. The normalized spacial score (nSPS) is 11.5. The molecule has 0 radical (unpaired) electrons. The van der Waals surface area contributed by atoms with Crippen molar-refractivity contribution < 1.29 is 0 Å². The summed E-state index contributed by atoms with van der Waals surface area (Å²) >= 11 is 0. The van der Waals surface area contributed by atoms with Crippen LogP contribution >= 0.6 is 0 Å². The molecule has 98 heavy (non-hydrogen) atoms. The van der Waals surface area contributed by atoms with Crippen LogP contribution < -0.4 is 0 Å². The molecule has 0 N–H and O–H groups in total. The van der Waals surface area contributed by atoms with E-state index in [0.29, 0.717) is 0 Å². The third-order valence-electron chi connectivity index (χ3n) is 18.3. The summed E-state index contributed by atoms with van der Waals surface area (Å²) in [4.78, 5) is 48.5. The van der Waals surface area contributed by atoms with E-state index >= 15 is 0 Å². The first-order valence-electron chi connectivity index (χ1n) is 32.6. The summed E-state index contributed by atoms with van der Waals surface area (Å²) in [6, 6.07) is 105. The fourth-order valence-corrected chi connectivity index (χ4v) is 13.2. The zero-order chi connectivity index (χ0) is 64.9. The number of aromatic nitrogens is 10. The molecule has 10 nitrogen and oxygen atoms in total. The standard InChI is InChI=1S/C47H29N5.C41H25N5/c1-2-6-30(7-3-1)40-24-21-35-15-16-36-22-25-41(52-47(36)46(35)51-40)32-11-9-31(10-12-32)39-23-19-33-13-17-37(28-44(33)49-39)38-18-14-34-20-26-43(50-45(34)29-38)42-8-4-5-27-48-42;1-2-21-42-36(5-1)37-19-16-29-11-13-32(25-39(29)46-37)31-12-10-28-15-18-35(45-38(28)24-31)27-8-6-26(7-9-27)33-20-23-44-41-34(33)17-14-30-4-3-22-43-40(30)41/h1-29H;1-25H. The van der Waals surface area contributed by atoms with Crippen molar-refractivity contribution in [1.82, 2.24) is 49.8 Å². The molecule has 10 heteroatoms. The Morgan fingerprint density at radius 3 is 0.959 bits per heavy atom. The molecular formula is C88H54N10. The van der Waals surface area contributed by atoms with E-state index in [4.69, 9.17) is 29.9 Å². The maximum absolute atomic E-state index is 5.14. The van der Waals surface area contributed by atoms with Gasteiger partial charge in [0.2, 0.25) is 0 Å². The van der Waals surface area contributed by atoms with Gasteiger partial charge in [-0.15, -0.1) is 0 Å². The van der Waals surface area contributed by atoms with E-state index in [1.165, 1.54) is 0 Å². The van der Waals surface area contributed by atoms with Gasteiger partial charge in [-0.1, -0.05) is 206 Å². The van der Waals surface area contributed by atoms with Gasteiger partial charge in [-0.25, -0.2) is 29.9 Å². The first-order valence-corrected chi connectivity index (χ1v) is 32.6. The zero-order valence-electron chi connectivity index (χ0n) is 52.6. The Balaban J connectivity index is 0.000000143. The van der Waals surface area contributed by atoms with Gasteiger partial charge in [-0.3, -0.25) is 19.9 Å². The molecule has 0 saturated carbocycles. The Bertz CT molecular complexity index is 6290. The molecular weight excluding hydrogens is 1200 g/mol. The molecule has 0 saturated heterocycles. The Labute approximate surface area is 563 Å². The lowest BCUT2D eigenvalue weighted by atomic mass is 9.98. The van der Waals surface area contributed by atoms with E-state index in [1.54, 1.807) is 12.4 Å². The summed E-state index contributed by atoms with van der Waals surface area (Å²) in [6.45, 7) is 0. The Kier molecular flexibility index (Phi) is 14.3. The summed E-state index contributed by atoms with van der Waals surface area (Å²) in [5, 5.41) is 8.71. The molecule has 10 heterocycles. The van der Waals surface area contributed by atoms with E-state index in [1.807, 2.05) is 85.2 Å². The van der Waals surface area contributed by atoms with Crippen molar-refractivity contribution in [2.45, 2.75) is 0 Å². The summed E-state index contributed by atoms with van der Waals surface area (Å²) in [6.07, 6.45) is 7.28. The number of nitrogens with zero attached hydrogens (tertiary/aromatic N) is 10.